The minimum Gasteiger partial charge on any atom is -0.377 e. The lowest BCUT2D eigenvalue weighted by molar-refractivity contribution is 0.178. The van der Waals surface area contributed by atoms with Crippen molar-refractivity contribution in [1.29, 1.82) is 0 Å². The first-order valence-corrected chi connectivity index (χ1v) is 6.22. The number of hydrogen-bond acceptors (Lipinski definition) is 3. The molecule has 0 saturated carbocycles. The van der Waals surface area contributed by atoms with Crippen LogP contribution in [-0.2, 0) is 11.3 Å². The molecular weight excluding hydrogens is 295 g/mol. The number of benzene rings is 1. The lowest BCUT2D eigenvalue weighted by atomic mass is 10.1. The van der Waals surface area contributed by atoms with Crippen molar-refractivity contribution < 1.29 is 4.74 Å². The van der Waals surface area contributed by atoms with Gasteiger partial charge in [-0.3, -0.25) is 0 Å². The van der Waals surface area contributed by atoms with Gasteiger partial charge in [0.25, 0.3) is 0 Å². The van der Waals surface area contributed by atoms with Crippen molar-refractivity contribution in [3.63, 3.8) is 0 Å². The van der Waals surface area contributed by atoms with Crippen LogP contribution in [-0.4, -0.2) is 17.1 Å². The summed E-state index contributed by atoms with van der Waals surface area (Å²) in [7, 11) is 1.57. The third-order valence-corrected chi connectivity index (χ3v) is 3.25. The highest BCUT2D eigenvalue weighted by molar-refractivity contribution is 6.43. The van der Waals surface area contributed by atoms with E-state index in [2.05, 4.69) is 9.97 Å². The Bertz CT molecular complexity index is 575. The maximum absolute atomic E-state index is 6.14. The highest BCUT2D eigenvalue weighted by atomic mass is 35.5. The molecule has 0 N–H and O–H groups in total. The number of methoxy groups -OCH3 is 1. The van der Waals surface area contributed by atoms with Crippen LogP contribution >= 0.6 is 34.8 Å². The second-order valence-corrected chi connectivity index (χ2v) is 4.70. The van der Waals surface area contributed by atoms with E-state index in [0.717, 1.165) is 0 Å². The zero-order chi connectivity index (χ0) is 13.1. The summed E-state index contributed by atoms with van der Waals surface area (Å²) in [6, 6.07) is 6.98. The van der Waals surface area contributed by atoms with Crippen molar-refractivity contribution in [3.8, 4) is 11.3 Å². The van der Waals surface area contributed by atoms with E-state index < -0.39 is 0 Å². The van der Waals surface area contributed by atoms with E-state index in [4.69, 9.17) is 39.5 Å². The van der Waals surface area contributed by atoms with E-state index >= 15 is 0 Å². The van der Waals surface area contributed by atoms with Gasteiger partial charge in [-0.2, -0.15) is 0 Å². The zero-order valence-corrected chi connectivity index (χ0v) is 11.7. The molecule has 2 aromatic rings. The summed E-state index contributed by atoms with van der Waals surface area (Å²) in [6.45, 7) is 0.283. The van der Waals surface area contributed by atoms with Gasteiger partial charge in [-0.1, -0.05) is 46.9 Å². The van der Waals surface area contributed by atoms with Gasteiger partial charge < -0.3 is 4.74 Å². The lowest BCUT2D eigenvalue weighted by Gasteiger charge is -2.07. The monoisotopic (exact) mass is 302 g/mol. The zero-order valence-electron chi connectivity index (χ0n) is 9.45. The maximum atomic E-state index is 6.14. The fourth-order valence-corrected chi connectivity index (χ4v) is 2.10. The number of rotatable bonds is 3. The van der Waals surface area contributed by atoms with Crippen LogP contribution in [0.15, 0.2) is 24.3 Å². The molecule has 0 amide bonds. The van der Waals surface area contributed by atoms with Crippen LogP contribution in [0, 0.1) is 0 Å². The summed E-state index contributed by atoms with van der Waals surface area (Å²) in [5, 5.41) is 1.25. The van der Waals surface area contributed by atoms with Gasteiger partial charge in [-0.25, -0.2) is 9.97 Å². The quantitative estimate of drug-likeness (QED) is 0.795. The van der Waals surface area contributed by atoms with Crippen molar-refractivity contribution in [2.45, 2.75) is 6.61 Å². The lowest BCUT2D eigenvalue weighted by Crippen LogP contribution is -1.99. The summed E-state index contributed by atoms with van der Waals surface area (Å²) in [6.07, 6.45) is 0. The van der Waals surface area contributed by atoms with E-state index in [1.54, 1.807) is 25.3 Å². The Morgan fingerprint density at radius 3 is 2.67 bits per heavy atom. The Hall–Kier alpha value is -0.870. The molecule has 0 unspecified atom stereocenters. The summed E-state index contributed by atoms with van der Waals surface area (Å²) in [4.78, 5) is 8.39. The Balaban J connectivity index is 2.53. The molecule has 94 valence electrons. The molecule has 0 fully saturated rings. The third-order valence-electron chi connectivity index (χ3n) is 2.24. The first-order chi connectivity index (χ1) is 8.61. The van der Waals surface area contributed by atoms with Crippen molar-refractivity contribution in [2.24, 2.45) is 0 Å². The summed E-state index contributed by atoms with van der Waals surface area (Å²) in [5.41, 5.74) is 1.33. The number of hydrogen-bond donors (Lipinski definition) is 0. The van der Waals surface area contributed by atoms with E-state index in [1.165, 1.54) is 0 Å². The van der Waals surface area contributed by atoms with E-state index in [0.29, 0.717) is 32.3 Å². The fraction of sp³-hybridized carbons (Fsp3) is 0.167. The normalized spacial score (nSPS) is 10.7. The first kappa shape index (κ1) is 13.6. The predicted molar refractivity (Wildman–Crippen MR) is 73.2 cm³/mol. The number of nitrogens with zero attached hydrogens (tertiary/aromatic N) is 2. The van der Waals surface area contributed by atoms with Gasteiger partial charge in [0.05, 0.1) is 15.7 Å². The van der Waals surface area contributed by atoms with Crippen LogP contribution in [0.1, 0.15) is 5.82 Å². The molecule has 0 saturated heterocycles. The minimum absolute atomic E-state index is 0.283. The number of ether oxygens (including phenoxy) is 1. The Kier molecular flexibility index (Phi) is 4.40. The molecule has 0 bridgehead atoms. The Morgan fingerprint density at radius 2 is 1.94 bits per heavy atom. The van der Waals surface area contributed by atoms with Crippen LogP contribution in [0.25, 0.3) is 11.3 Å². The number of halogens is 3. The van der Waals surface area contributed by atoms with Gasteiger partial charge >= 0.3 is 0 Å². The molecule has 3 nitrogen and oxygen atoms in total. The molecule has 0 aliphatic rings. The van der Waals surface area contributed by atoms with Crippen LogP contribution in [0.4, 0.5) is 0 Å². The molecule has 1 heterocycles. The molecule has 0 aliphatic carbocycles. The maximum Gasteiger partial charge on any atom is 0.156 e. The molecule has 18 heavy (non-hydrogen) atoms. The molecule has 1 aromatic carbocycles. The standard InChI is InChI=1S/C12H9Cl3N2O/c1-18-6-11-16-9(5-10(14)17-11)7-3-2-4-8(13)12(7)15/h2-5H,6H2,1H3. The van der Waals surface area contributed by atoms with Crippen molar-refractivity contribution in [2.75, 3.05) is 7.11 Å². The Labute approximate surface area is 120 Å². The van der Waals surface area contributed by atoms with Crippen molar-refractivity contribution in [3.05, 3.63) is 45.3 Å². The summed E-state index contributed by atoms with van der Waals surface area (Å²) in [5.74, 6) is 0.496. The third kappa shape index (κ3) is 2.93. The second-order valence-electron chi connectivity index (χ2n) is 3.53. The van der Waals surface area contributed by atoms with E-state index in [-0.39, 0.29) is 6.61 Å². The predicted octanol–water partition coefficient (Wildman–Crippen LogP) is 4.25. The number of aromatic nitrogens is 2. The molecule has 0 aliphatic heterocycles. The van der Waals surface area contributed by atoms with Gasteiger partial charge in [-0.15, -0.1) is 0 Å². The van der Waals surface area contributed by atoms with Crippen LogP contribution in [0.2, 0.25) is 15.2 Å². The smallest absolute Gasteiger partial charge is 0.156 e. The van der Waals surface area contributed by atoms with E-state index in [1.807, 2.05) is 6.07 Å². The van der Waals surface area contributed by atoms with Gasteiger partial charge in [0.2, 0.25) is 0 Å². The largest absolute Gasteiger partial charge is 0.377 e. The molecule has 1 aromatic heterocycles. The van der Waals surface area contributed by atoms with Crippen LogP contribution in [0.3, 0.4) is 0 Å². The molecule has 0 spiro atoms. The van der Waals surface area contributed by atoms with Gasteiger partial charge in [0, 0.05) is 18.7 Å². The topological polar surface area (TPSA) is 35.0 Å². The van der Waals surface area contributed by atoms with Crippen molar-refractivity contribution >= 4 is 34.8 Å². The average Bonchev–Trinajstić information content (AvgIpc) is 2.32. The van der Waals surface area contributed by atoms with Gasteiger partial charge in [0.15, 0.2) is 5.82 Å². The summed E-state index contributed by atoms with van der Waals surface area (Å²) < 4.78 is 4.99. The Morgan fingerprint density at radius 1 is 1.17 bits per heavy atom. The highest BCUT2D eigenvalue weighted by Gasteiger charge is 2.10. The molecule has 0 atom stereocenters. The SMILES string of the molecule is COCc1nc(Cl)cc(-c2cccc(Cl)c2Cl)n1. The fourth-order valence-electron chi connectivity index (χ4n) is 1.50. The highest BCUT2D eigenvalue weighted by Crippen LogP contribution is 2.33. The van der Waals surface area contributed by atoms with Crippen LogP contribution in [0.5, 0.6) is 0 Å². The minimum atomic E-state index is 0.283. The molecule has 0 radical (unpaired) electrons. The van der Waals surface area contributed by atoms with E-state index in [9.17, 15) is 0 Å². The second kappa shape index (κ2) is 5.85. The molecule has 6 heteroatoms. The average molecular weight is 304 g/mol. The summed E-state index contributed by atoms with van der Waals surface area (Å²) >= 11 is 18.1. The first-order valence-electron chi connectivity index (χ1n) is 5.08. The van der Waals surface area contributed by atoms with Gasteiger partial charge in [-0.05, 0) is 6.07 Å². The van der Waals surface area contributed by atoms with Crippen LogP contribution < -0.4 is 0 Å². The van der Waals surface area contributed by atoms with Gasteiger partial charge in [0.1, 0.15) is 11.8 Å². The molecular formula is C12H9Cl3N2O. The molecule has 2 rings (SSSR count). The van der Waals surface area contributed by atoms with Crippen molar-refractivity contribution in [1.82, 2.24) is 9.97 Å².